The lowest BCUT2D eigenvalue weighted by molar-refractivity contribution is -0.120. The van der Waals surface area contributed by atoms with Crippen molar-refractivity contribution in [3.63, 3.8) is 0 Å². The normalized spacial score (nSPS) is 12.7. The minimum absolute atomic E-state index is 0.226. The van der Waals surface area contributed by atoms with Crippen LogP contribution in [0.3, 0.4) is 0 Å². The number of carbonyl (C=O) groups excluding carboxylic acids is 1. The number of nitrogens with one attached hydrogen (secondary N) is 1. The maximum atomic E-state index is 12.9. The molecule has 0 unspecified atom stereocenters. The highest BCUT2D eigenvalue weighted by molar-refractivity contribution is 7.90. The van der Waals surface area contributed by atoms with Crippen LogP contribution in [0.4, 0.5) is 5.69 Å². The third-order valence-corrected chi connectivity index (χ3v) is 6.42. The maximum absolute atomic E-state index is 12.9. The van der Waals surface area contributed by atoms with Crippen molar-refractivity contribution in [3.05, 3.63) is 64.7 Å². The first kappa shape index (κ1) is 21.9. The fourth-order valence-electron chi connectivity index (χ4n) is 2.83. The van der Waals surface area contributed by atoms with Crippen molar-refractivity contribution in [1.29, 1.82) is 0 Å². The molecule has 2 rings (SSSR count). The Labute approximate surface area is 168 Å². The highest BCUT2D eigenvalue weighted by Crippen LogP contribution is 2.25. The van der Waals surface area contributed by atoms with Gasteiger partial charge in [0.05, 0.1) is 11.7 Å². The molecular formula is C21H29N3O3S. The third-order valence-electron chi connectivity index (χ3n) is 4.62. The number of hydrogen-bond acceptors (Lipinski definition) is 3. The summed E-state index contributed by atoms with van der Waals surface area (Å²) in [7, 11) is -0.909. The number of anilines is 1. The Kier molecular flexibility index (Phi) is 6.85. The summed E-state index contributed by atoms with van der Waals surface area (Å²) in [4.78, 5) is 12.7. The van der Waals surface area contributed by atoms with E-state index in [0.29, 0.717) is 5.69 Å². The number of amides is 1. The van der Waals surface area contributed by atoms with Gasteiger partial charge in [-0.2, -0.15) is 12.7 Å². The molecule has 0 saturated carbocycles. The van der Waals surface area contributed by atoms with E-state index >= 15 is 0 Å². The summed E-state index contributed by atoms with van der Waals surface area (Å²) in [6, 6.07) is 13.2. The molecule has 0 aliphatic carbocycles. The molecule has 0 saturated heterocycles. The van der Waals surface area contributed by atoms with E-state index in [1.165, 1.54) is 14.1 Å². The summed E-state index contributed by atoms with van der Waals surface area (Å²) in [5.74, 6) is -0.362. The molecule has 2 aromatic carbocycles. The SMILES string of the molecule is Cc1ccc([C@@H](C)NC(=O)CN(c2cc(C)ccc2C)S(=O)(=O)N(C)C)cc1. The molecule has 28 heavy (non-hydrogen) atoms. The van der Waals surface area contributed by atoms with Crippen LogP contribution < -0.4 is 9.62 Å². The quantitative estimate of drug-likeness (QED) is 0.772. The molecule has 0 fully saturated rings. The molecule has 0 radical (unpaired) electrons. The van der Waals surface area contributed by atoms with Crippen LogP contribution in [0.15, 0.2) is 42.5 Å². The maximum Gasteiger partial charge on any atom is 0.304 e. The van der Waals surface area contributed by atoms with E-state index < -0.39 is 10.2 Å². The number of benzene rings is 2. The van der Waals surface area contributed by atoms with Crippen LogP contribution in [0.1, 0.15) is 35.2 Å². The lowest BCUT2D eigenvalue weighted by Crippen LogP contribution is -2.46. The van der Waals surface area contributed by atoms with Crippen LogP contribution in [-0.4, -0.2) is 39.3 Å². The van der Waals surface area contributed by atoms with E-state index in [0.717, 1.165) is 30.9 Å². The van der Waals surface area contributed by atoms with Crippen molar-refractivity contribution >= 4 is 21.8 Å². The van der Waals surface area contributed by atoms with Crippen molar-refractivity contribution in [2.45, 2.75) is 33.7 Å². The third kappa shape index (κ3) is 5.11. The predicted octanol–water partition coefficient (Wildman–Crippen LogP) is 3.10. The van der Waals surface area contributed by atoms with Gasteiger partial charge in [-0.25, -0.2) is 4.31 Å². The average molecular weight is 404 g/mol. The Morgan fingerprint density at radius 3 is 2.14 bits per heavy atom. The Morgan fingerprint density at radius 1 is 1.00 bits per heavy atom. The first-order valence-corrected chi connectivity index (χ1v) is 10.6. The van der Waals surface area contributed by atoms with Gasteiger partial charge < -0.3 is 5.32 Å². The predicted molar refractivity (Wildman–Crippen MR) is 114 cm³/mol. The monoisotopic (exact) mass is 403 g/mol. The summed E-state index contributed by atoms with van der Waals surface area (Å²) in [5.41, 5.74) is 4.32. The molecule has 6 nitrogen and oxygen atoms in total. The van der Waals surface area contributed by atoms with Crippen molar-refractivity contribution < 1.29 is 13.2 Å². The highest BCUT2D eigenvalue weighted by Gasteiger charge is 2.28. The van der Waals surface area contributed by atoms with Crippen molar-refractivity contribution in [3.8, 4) is 0 Å². The van der Waals surface area contributed by atoms with Gasteiger partial charge in [-0.05, 0) is 50.5 Å². The summed E-state index contributed by atoms with van der Waals surface area (Å²) in [5, 5.41) is 2.90. The van der Waals surface area contributed by atoms with Crippen LogP contribution >= 0.6 is 0 Å². The van der Waals surface area contributed by atoms with Crippen LogP contribution in [0.5, 0.6) is 0 Å². The summed E-state index contributed by atoms with van der Waals surface area (Å²) < 4.78 is 28.1. The molecule has 0 aromatic heterocycles. The number of aryl methyl sites for hydroxylation is 3. The number of hydrogen-bond donors (Lipinski definition) is 1. The summed E-state index contributed by atoms with van der Waals surface area (Å²) >= 11 is 0. The molecule has 1 atom stereocenters. The number of nitrogens with zero attached hydrogens (tertiary/aromatic N) is 2. The second kappa shape index (κ2) is 8.75. The van der Waals surface area contributed by atoms with Gasteiger partial charge in [0.1, 0.15) is 6.54 Å². The second-order valence-electron chi connectivity index (χ2n) is 7.29. The van der Waals surface area contributed by atoms with Crippen molar-refractivity contribution in [2.75, 3.05) is 24.9 Å². The van der Waals surface area contributed by atoms with Gasteiger partial charge >= 0.3 is 10.2 Å². The van der Waals surface area contributed by atoms with Crippen LogP contribution in [-0.2, 0) is 15.0 Å². The Bertz CT molecular complexity index is 938. The number of rotatable bonds is 7. The highest BCUT2D eigenvalue weighted by atomic mass is 32.2. The molecule has 7 heteroatoms. The van der Waals surface area contributed by atoms with Gasteiger partial charge in [0.2, 0.25) is 5.91 Å². The van der Waals surface area contributed by atoms with Gasteiger partial charge in [-0.3, -0.25) is 4.79 Å². The van der Waals surface area contributed by atoms with E-state index in [-0.39, 0.29) is 18.5 Å². The van der Waals surface area contributed by atoms with Crippen molar-refractivity contribution in [2.24, 2.45) is 0 Å². The molecule has 0 heterocycles. The van der Waals surface area contributed by atoms with E-state index in [1.54, 1.807) is 6.07 Å². The molecule has 0 aliphatic heterocycles. The van der Waals surface area contributed by atoms with E-state index in [4.69, 9.17) is 0 Å². The minimum atomic E-state index is -3.83. The molecule has 0 bridgehead atoms. The molecule has 2 aromatic rings. The van der Waals surface area contributed by atoms with E-state index in [2.05, 4.69) is 5.32 Å². The largest absolute Gasteiger partial charge is 0.348 e. The van der Waals surface area contributed by atoms with Gasteiger partial charge in [0, 0.05) is 14.1 Å². The Hall–Kier alpha value is -2.38. The molecule has 1 amide bonds. The molecule has 152 valence electrons. The zero-order valence-corrected chi connectivity index (χ0v) is 18.2. The van der Waals surface area contributed by atoms with Gasteiger partial charge in [0.15, 0.2) is 0 Å². The van der Waals surface area contributed by atoms with E-state index in [9.17, 15) is 13.2 Å². The van der Waals surface area contributed by atoms with Gasteiger partial charge in [-0.1, -0.05) is 42.0 Å². The smallest absolute Gasteiger partial charge is 0.304 e. The van der Waals surface area contributed by atoms with Crippen LogP contribution in [0.2, 0.25) is 0 Å². The first-order valence-electron chi connectivity index (χ1n) is 9.15. The summed E-state index contributed by atoms with van der Waals surface area (Å²) in [6.45, 7) is 7.32. The molecule has 0 aliphatic rings. The van der Waals surface area contributed by atoms with Crippen LogP contribution in [0.25, 0.3) is 0 Å². The number of carbonyl (C=O) groups is 1. The average Bonchev–Trinajstić information content (AvgIpc) is 2.62. The molecule has 0 spiro atoms. The fourth-order valence-corrected chi connectivity index (χ4v) is 3.95. The standard InChI is InChI=1S/C21H29N3O3S/c1-15-8-11-19(12-9-15)18(4)22-21(25)14-24(28(26,27)23(5)6)20-13-16(2)7-10-17(20)3/h7-13,18H,14H2,1-6H3,(H,22,25)/t18-/m1/s1. The van der Waals surface area contributed by atoms with Crippen molar-refractivity contribution in [1.82, 2.24) is 9.62 Å². The Morgan fingerprint density at radius 2 is 1.57 bits per heavy atom. The molecular weight excluding hydrogens is 374 g/mol. The van der Waals surface area contributed by atoms with E-state index in [1.807, 2.05) is 64.1 Å². The lowest BCUT2D eigenvalue weighted by atomic mass is 10.1. The zero-order chi connectivity index (χ0) is 21.1. The van der Waals surface area contributed by atoms with Crippen LogP contribution in [0, 0.1) is 20.8 Å². The first-order chi connectivity index (χ1) is 13.0. The minimum Gasteiger partial charge on any atom is -0.348 e. The topological polar surface area (TPSA) is 69.7 Å². The molecule has 1 N–H and O–H groups in total. The fraction of sp³-hybridized carbons (Fsp3) is 0.381. The Balaban J connectivity index is 2.28. The second-order valence-corrected chi connectivity index (χ2v) is 9.35. The van der Waals surface area contributed by atoms with Gasteiger partial charge in [0.25, 0.3) is 0 Å². The zero-order valence-electron chi connectivity index (χ0n) is 17.4. The summed E-state index contributed by atoms with van der Waals surface area (Å²) in [6.07, 6.45) is 0. The van der Waals surface area contributed by atoms with Gasteiger partial charge in [-0.15, -0.1) is 0 Å². The lowest BCUT2D eigenvalue weighted by Gasteiger charge is -2.29.